The SMILES string of the molecule is COC(=O)c1ccc(S(=O)(=O)N[C@H](C(=O)O)C(C)C)c(C)c1. The quantitative estimate of drug-likeness (QED) is 0.758. The zero-order chi connectivity index (χ0) is 17.1. The van der Waals surface area contributed by atoms with Gasteiger partial charge < -0.3 is 9.84 Å². The topological polar surface area (TPSA) is 110 Å². The maximum atomic E-state index is 12.3. The van der Waals surface area contributed by atoms with Crippen molar-refractivity contribution >= 4 is 22.0 Å². The number of benzene rings is 1. The molecule has 0 heterocycles. The number of rotatable bonds is 6. The van der Waals surface area contributed by atoms with Crippen LogP contribution in [0.3, 0.4) is 0 Å². The Morgan fingerprint density at radius 1 is 1.27 bits per heavy atom. The van der Waals surface area contributed by atoms with Gasteiger partial charge >= 0.3 is 11.9 Å². The van der Waals surface area contributed by atoms with Crippen molar-refractivity contribution in [3.63, 3.8) is 0 Å². The molecule has 0 aliphatic carbocycles. The molecule has 1 rings (SSSR count). The molecular formula is C14H19NO6S. The van der Waals surface area contributed by atoms with E-state index in [1.807, 2.05) is 0 Å². The lowest BCUT2D eigenvalue weighted by Gasteiger charge is -2.19. The Morgan fingerprint density at radius 3 is 2.27 bits per heavy atom. The van der Waals surface area contributed by atoms with Crippen LogP contribution in [-0.4, -0.2) is 38.6 Å². The van der Waals surface area contributed by atoms with Gasteiger partial charge in [0.15, 0.2) is 0 Å². The second-order valence-electron chi connectivity index (χ2n) is 5.15. The molecule has 7 nitrogen and oxygen atoms in total. The van der Waals surface area contributed by atoms with Gasteiger partial charge in [0.2, 0.25) is 10.0 Å². The Labute approximate surface area is 129 Å². The number of carboxylic acids is 1. The average Bonchev–Trinajstić information content (AvgIpc) is 2.42. The van der Waals surface area contributed by atoms with E-state index in [0.29, 0.717) is 5.56 Å². The molecule has 0 bridgehead atoms. The lowest BCUT2D eigenvalue weighted by atomic mass is 10.1. The summed E-state index contributed by atoms with van der Waals surface area (Å²) in [6, 6.07) is 2.72. The molecule has 0 amide bonds. The first-order valence-corrected chi connectivity index (χ1v) is 8.02. The first-order valence-electron chi connectivity index (χ1n) is 6.54. The molecule has 1 atom stereocenters. The number of sulfonamides is 1. The molecule has 22 heavy (non-hydrogen) atoms. The molecular weight excluding hydrogens is 310 g/mol. The number of esters is 1. The number of carbonyl (C=O) groups excluding carboxylic acids is 1. The summed E-state index contributed by atoms with van der Waals surface area (Å²) in [7, 11) is -2.79. The minimum atomic E-state index is -4.01. The number of hydrogen-bond acceptors (Lipinski definition) is 5. The minimum absolute atomic E-state index is 0.0768. The molecule has 1 aromatic rings. The maximum absolute atomic E-state index is 12.3. The van der Waals surface area contributed by atoms with Crippen molar-refractivity contribution in [2.45, 2.75) is 31.7 Å². The largest absolute Gasteiger partial charge is 0.480 e. The molecule has 8 heteroatoms. The van der Waals surface area contributed by atoms with Crippen molar-refractivity contribution in [2.75, 3.05) is 7.11 Å². The van der Waals surface area contributed by atoms with Crippen LogP contribution in [0.2, 0.25) is 0 Å². The van der Waals surface area contributed by atoms with Gasteiger partial charge in [-0.3, -0.25) is 4.79 Å². The van der Waals surface area contributed by atoms with Crippen LogP contribution in [0.15, 0.2) is 23.1 Å². The molecule has 0 saturated heterocycles. The summed E-state index contributed by atoms with van der Waals surface area (Å²) in [6.45, 7) is 4.73. The molecule has 0 aromatic heterocycles. The number of carboxylic acid groups (broad SMARTS) is 1. The summed E-state index contributed by atoms with van der Waals surface area (Å²) < 4.78 is 31.4. The van der Waals surface area contributed by atoms with Gasteiger partial charge in [0.1, 0.15) is 6.04 Å². The van der Waals surface area contributed by atoms with Gasteiger partial charge in [-0.25, -0.2) is 13.2 Å². The van der Waals surface area contributed by atoms with Gasteiger partial charge in [-0.15, -0.1) is 0 Å². The number of aliphatic carboxylic acids is 1. The molecule has 122 valence electrons. The lowest BCUT2D eigenvalue weighted by molar-refractivity contribution is -0.140. The summed E-state index contributed by atoms with van der Waals surface area (Å²) in [4.78, 5) is 22.5. The zero-order valence-corrected chi connectivity index (χ0v) is 13.6. The minimum Gasteiger partial charge on any atom is -0.480 e. The van der Waals surface area contributed by atoms with E-state index < -0.39 is 33.9 Å². The third-order valence-electron chi connectivity index (χ3n) is 3.10. The Morgan fingerprint density at radius 2 is 1.86 bits per heavy atom. The molecule has 0 saturated carbocycles. The van der Waals surface area contributed by atoms with Gasteiger partial charge in [-0.05, 0) is 36.6 Å². The first-order chi connectivity index (χ1) is 10.1. The van der Waals surface area contributed by atoms with Gasteiger partial charge in [0.25, 0.3) is 0 Å². The van der Waals surface area contributed by atoms with Gasteiger partial charge in [-0.2, -0.15) is 4.72 Å². The number of aryl methyl sites for hydroxylation is 1. The van der Waals surface area contributed by atoms with Crippen molar-refractivity contribution in [3.05, 3.63) is 29.3 Å². The standard InChI is InChI=1S/C14H19NO6S/c1-8(2)12(13(16)17)15-22(19,20)11-6-5-10(7-9(11)3)14(18)21-4/h5-8,12,15H,1-4H3,(H,16,17)/t12-/m0/s1. The molecule has 1 aromatic carbocycles. The molecule has 0 aliphatic rings. The number of carbonyl (C=O) groups is 2. The van der Waals surface area contributed by atoms with Crippen LogP contribution in [0, 0.1) is 12.8 Å². The highest BCUT2D eigenvalue weighted by molar-refractivity contribution is 7.89. The van der Waals surface area contributed by atoms with E-state index >= 15 is 0 Å². The number of methoxy groups -OCH3 is 1. The van der Waals surface area contributed by atoms with E-state index in [0.717, 1.165) is 0 Å². The Hall–Kier alpha value is -1.93. The van der Waals surface area contributed by atoms with Crippen molar-refractivity contribution in [1.29, 1.82) is 0 Å². The normalized spacial score (nSPS) is 13.0. The van der Waals surface area contributed by atoms with Crippen LogP contribution in [0.5, 0.6) is 0 Å². The van der Waals surface area contributed by atoms with E-state index in [1.54, 1.807) is 13.8 Å². The Balaban J connectivity index is 3.18. The average molecular weight is 329 g/mol. The summed E-state index contributed by atoms with van der Waals surface area (Å²) >= 11 is 0. The van der Waals surface area contributed by atoms with E-state index in [4.69, 9.17) is 5.11 Å². The fourth-order valence-electron chi connectivity index (χ4n) is 1.90. The summed E-state index contributed by atoms with van der Waals surface area (Å²) in [5, 5.41) is 9.08. The number of ether oxygens (including phenoxy) is 1. The summed E-state index contributed by atoms with van der Waals surface area (Å²) in [5.74, 6) is -2.24. The fraction of sp³-hybridized carbons (Fsp3) is 0.429. The molecule has 0 spiro atoms. The van der Waals surface area contributed by atoms with Crippen molar-refractivity contribution in [1.82, 2.24) is 4.72 Å². The summed E-state index contributed by atoms with van der Waals surface area (Å²) in [5.41, 5.74) is 0.542. The predicted molar refractivity (Wildman–Crippen MR) is 79.1 cm³/mol. The van der Waals surface area contributed by atoms with Crippen LogP contribution in [-0.2, 0) is 19.6 Å². The third-order valence-corrected chi connectivity index (χ3v) is 4.70. The lowest BCUT2D eigenvalue weighted by Crippen LogP contribution is -2.44. The van der Waals surface area contributed by atoms with Crippen LogP contribution >= 0.6 is 0 Å². The van der Waals surface area contributed by atoms with Crippen LogP contribution < -0.4 is 4.72 Å². The highest BCUT2D eigenvalue weighted by Gasteiger charge is 2.29. The molecule has 0 radical (unpaired) electrons. The second-order valence-corrected chi connectivity index (χ2v) is 6.84. The molecule has 0 aliphatic heterocycles. The highest BCUT2D eigenvalue weighted by Crippen LogP contribution is 2.18. The van der Waals surface area contributed by atoms with Crippen LogP contribution in [0.25, 0.3) is 0 Å². The van der Waals surface area contributed by atoms with E-state index in [2.05, 4.69) is 9.46 Å². The zero-order valence-electron chi connectivity index (χ0n) is 12.8. The number of hydrogen-bond donors (Lipinski definition) is 2. The Kier molecular flexibility index (Phi) is 5.67. The van der Waals surface area contributed by atoms with Crippen molar-refractivity contribution < 1.29 is 27.9 Å². The Bertz CT molecular complexity index is 681. The second kappa shape index (κ2) is 6.89. The summed E-state index contributed by atoms with van der Waals surface area (Å²) in [6.07, 6.45) is 0. The van der Waals surface area contributed by atoms with Gasteiger partial charge in [0.05, 0.1) is 17.6 Å². The molecule has 0 fully saturated rings. The highest BCUT2D eigenvalue weighted by atomic mass is 32.2. The molecule has 0 unspecified atom stereocenters. The van der Waals surface area contributed by atoms with Crippen LogP contribution in [0.4, 0.5) is 0 Å². The van der Waals surface area contributed by atoms with E-state index in [-0.39, 0.29) is 10.5 Å². The van der Waals surface area contributed by atoms with Crippen molar-refractivity contribution in [3.8, 4) is 0 Å². The third kappa shape index (κ3) is 4.05. The van der Waals surface area contributed by atoms with Crippen LogP contribution in [0.1, 0.15) is 29.8 Å². The van der Waals surface area contributed by atoms with E-state index in [9.17, 15) is 18.0 Å². The number of nitrogens with one attached hydrogen (secondary N) is 1. The maximum Gasteiger partial charge on any atom is 0.337 e. The van der Waals surface area contributed by atoms with Gasteiger partial charge in [-0.1, -0.05) is 13.8 Å². The van der Waals surface area contributed by atoms with Crippen molar-refractivity contribution in [2.24, 2.45) is 5.92 Å². The molecule has 2 N–H and O–H groups in total. The monoisotopic (exact) mass is 329 g/mol. The van der Waals surface area contributed by atoms with Gasteiger partial charge in [0, 0.05) is 0 Å². The first kappa shape index (κ1) is 18.1. The predicted octanol–water partition coefficient (Wildman–Crippen LogP) is 1.17. The smallest absolute Gasteiger partial charge is 0.337 e. The van der Waals surface area contributed by atoms with E-state index in [1.165, 1.54) is 32.2 Å². The fourth-order valence-corrected chi connectivity index (χ4v) is 3.46.